The summed E-state index contributed by atoms with van der Waals surface area (Å²) in [5, 5.41) is 0.981. The summed E-state index contributed by atoms with van der Waals surface area (Å²) >= 11 is 1.46. The number of primary amides is 1. The van der Waals surface area contributed by atoms with Gasteiger partial charge in [-0.1, -0.05) is 13.8 Å². The van der Waals surface area contributed by atoms with Crippen LogP contribution in [0.3, 0.4) is 0 Å². The van der Waals surface area contributed by atoms with E-state index in [-0.39, 0.29) is 17.7 Å². The molecule has 1 aliphatic heterocycles. The second-order valence-electron chi connectivity index (χ2n) is 5.61. The average molecular weight is 295 g/mol. The van der Waals surface area contributed by atoms with E-state index in [9.17, 15) is 9.59 Å². The summed E-state index contributed by atoms with van der Waals surface area (Å²) in [7, 11) is 0. The quantitative estimate of drug-likeness (QED) is 0.925. The van der Waals surface area contributed by atoms with Gasteiger partial charge in [0.1, 0.15) is 4.88 Å². The molecular weight excluding hydrogens is 274 g/mol. The molecule has 1 aromatic rings. The maximum atomic E-state index is 12.6. The Bertz CT molecular complexity index is 524. The Kier molecular flexibility index (Phi) is 4.42. The predicted molar refractivity (Wildman–Crippen MR) is 78.8 cm³/mol. The Morgan fingerprint density at radius 3 is 2.70 bits per heavy atom. The van der Waals surface area contributed by atoms with E-state index in [1.54, 1.807) is 4.90 Å². The Hall–Kier alpha value is -1.43. The minimum Gasteiger partial charge on any atom is -0.369 e. The minimum absolute atomic E-state index is 0.0159. The number of carbonyl (C=O) groups excluding carboxylic acids is 2. The molecule has 0 bridgehead atoms. The molecular formula is C14H21N3O2S. The maximum absolute atomic E-state index is 12.6. The van der Waals surface area contributed by atoms with Crippen LogP contribution >= 0.6 is 11.3 Å². The van der Waals surface area contributed by atoms with Crippen LogP contribution in [0.5, 0.6) is 0 Å². The number of carbonyl (C=O) groups is 2. The third-order valence-electron chi connectivity index (χ3n) is 3.61. The molecule has 0 spiro atoms. The van der Waals surface area contributed by atoms with E-state index >= 15 is 0 Å². The number of amides is 2. The highest BCUT2D eigenvalue weighted by atomic mass is 32.1. The molecule has 2 heterocycles. The van der Waals surface area contributed by atoms with Crippen molar-refractivity contribution in [1.29, 1.82) is 0 Å². The lowest BCUT2D eigenvalue weighted by Crippen LogP contribution is -2.44. The molecule has 1 aromatic heterocycles. The van der Waals surface area contributed by atoms with Gasteiger partial charge in [0.2, 0.25) is 5.91 Å². The summed E-state index contributed by atoms with van der Waals surface area (Å²) in [5.74, 6) is -0.227. The monoisotopic (exact) mass is 295 g/mol. The number of rotatable bonds is 3. The van der Waals surface area contributed by atoms with Gasteiger partial charge in [-0.05, 0) is 19.8 Å². The SMILES string of the molecule is Cc1nc(C(C)C)sc1C(=O)N1CCCC(C(N)=O)C1. The van der Waals surface area contributed by atoms with Crippen LogP contribution in [0, 0.1) is 12.8 Å². The first kappa shape index (κ1) is 15.0. The van der Waals surface area contributed by atoms with Crippen LogP contribution in [0.15, 0.2) is 0 Å². The molecule has 2 rings (SSSR count). The zero-order valence-electron chi connectivity index (χ0n) is 12.2. The van der Waals surface area contributed by atoms with Crippen LogP contribution in [0.1, 0.15) is 53.0 Å². The number of hydrogen-bond acceptors (Lipinski definition) is 4. The first-order valence-electron chi connectivity index (χ1n) is 6.96. The summed E-state index contributed by atoms with van der Waals surface area (Å²) in [6.45, 7) is 7.12. The van der Waals surface area contributed by atoms with Crippen molar-refractivity contribution >= 4 is 23.2 Å². The molecule has 20 heavy (non-hydrogen) atoms. The number of piperidine rings is 1. The molecule has 0 radical (unpaired) electrons. The van der Waals surface area contributed by atoms with E-state index in [2.05, 4.69) is 18.8 Å². The molecule has 5 nitrogen and oxygen atoms in total. The van der Waals surface area contributed by atoms with Crippen LogP contribution in [-0.2, 0) is 4.79 Å². The van der Waals surface area contributed by atoms with Gasteiger partial charge in [0, 0.05) is 19.0 Å². The Morgan fingerprint density at radius 1 is 1.45 bits per heavy atom. The smallest absolute Gasteiger partial charge is 0.265 e. The lowest BCUT2D eigenvalue weighted by molar-refractivity contribution is -0.123. The van der Waals surface area contributed by atoms with Crippen molar-refractivity contribution in [1.82, 2.24) is 9.88 Å². The predicted octanol–water partition coefficient (Wildman–Crippen LogP) is 1.91. The number of thiazole rings is 1. The highest BCUT2D eigenvalue weighted by molar-refractivity contribution is 7.13. The Labute approximate surface area is 123 Å². The van der Waals surface area contributed by atoms with E-state index in [4.69, 9.17) is 5.73 Å². The zero-order valence-corrected chi connectivity index (χ0v) is 13.0. The first-order valence-corrected chi connectivity index (χ1v) is 7.77. The minimum atomic E-state index is -0.314. The largest absolute Gasteiger partial charge is 0.369 e. The molecule has 0 saturated carbocycles. The lowest BCUT2D eigenvalue weighted by atomic mass is 9.97. The third-order valence-corrected chi connectivity index (χ3v) is 5.06. The second kappa shape index (κ2) is 5.91. The molecule has 1 fully saturated rings. The van der Waals surface area contributed by atoms with Gasteiger partial charge in [-0.3, -0.25) is 9.59 Å². The third kappa shape index (κ3) is 3.00. The van der Waals surface area contributed by atoms with E-state index in [0.29, 0.717) is 23.9 Å². The molecule has 1 unspecified atom stereocenters. The van der Waals surface area contributed by atoms with E-state index in [1.165, 1.54) is 11.3 Å². The van der Waals surface area contributed by atoms with E-state index in [1.807, 2.05) is 6.92 Å². The van der Waals surface area contributed by atoms with Crippen LogP contribution in [0.4, 0.5) is 0 Å². The topological polar surface area (TPSA) is 76.3 Å². The van der Waals surface area contributed by atoms with Crippen LogP contribution in [0.2, 0.25) is 0 Å². The molecule has 1 aliphatic rings. The number of likely N-dealkylation sites (tertiary alicyclic amines) is 1. The van der Waals surface area contributed by atoms with Crippen molar-refractivity contribution in [2.24, 2.45) is 11.7 Å². The fourth-order valence-electron chi connectivity index (χ4n) is 2.40. The van der Waals surface area contributed by atoms with Gasteiger partial charge >= 0.3 is 0 Å². The molecule has 2 amide bonds. The lowest BCUT2D eigenvalue weighted by Gasteiger charge is -2.30. The normalized spacial score (nSPS) is 19.4. The molecule has 2 N–H and O–H groups in total. The molecule has 0 aliphatic carbocycles. The maximum Gasteiger partial charge on any atom is 0.265 e. The number of aromatic nitrogens is 1. The van der Waals surface area contributed by atoms with Gasteiger partial charge in [0.25, 0.3) is 5.91 Å². The highest BCUT2D eigenvalue weighted by Crippen LogP contribution is 2.27. The Morgan fingerprint density at radius 2 is 2.15 bits per heavy atom. The summed E-state index contributed by atoms with van der Waals surface area (Å²) < 4.78 is 0. The van der Waals surface area contributed by atoms with Gasteiger partial charge in [-0.25, -0.2) is 4.98 Å². The number of aryl methyl sites for hydroxylation is 1. The fraction of sp³-hybridized carbons (Fsp3) is 0.643. The van der Waals surface area contributed by atoms with Crippen LogP contribution in [0.25, 0.3) is 0 Å². The van der Waals surface area contributed by atoms with Crippen molar-refractivity contribution in [2.45, 2.75) is 39.5 Å². The number of hydrogen-bond donors (Lipinski definition) is 1. The first-order chi connectivity index (χ1) is 9.40. The zero-order chi connectivity index (χ0) is 14.9. The van der Waals surface area contributed by atoms with E-state index < -0.39 is 0 Å². The molecule has 1 saturated heterocycles. The molecule has 0 aromatic carbocycles. The van der Waals surface area contributed by atoms with Gasteiger partial charge in [-0.2, -0.15) is 0 Å². The van der Waals surface area contributed by atoms with Crippen LogP contribution < -0.4 is 5.73 Å². The van der Waals surface area contributed by atoms with Crippen molar-refractivity contribution in [3.8, 4) is 0 Å². The summed E-state index contributed by atoms with van der Waals surface area (Å²) in [4.78, 5) is 30.8. The fourth-order valence-corrected chi connectivity index (χ4v) is 3.44. The van der Waals surface area contributed by atoms with Crippen molar-refractivity contribution in [2.75, 3.05) is 13.1 Å². The van der Waals surface area contributed by atoms with Gasteiger partial charge in [0.15, 0.2) is 0 Å². The van der Waals surface area contributed by atoms with E-state index in [0.717, 1.165) is 23.5 Å². The average Bonchev–Trinajstić information content (AvgIpc) is 2.80. The van der Waals surface area contributed by atoms with Crippen molar-refractivity contribution in [3.05, 3.63) is 15.6 Å². The Balaban J connectivity index is 2.16. The summed E-state index contributed by atoms with van der Waals surface area (Å²) in [6, 6.07) is 0. The summed E-state index contributed by atoms with van der Waals surface area (Å²) in [6.07, 6.45) is 1.60. The van der Waals surface area contributed by atoms with Crippen molar-refractivity contribution in [3.63, 3.8) is 0 Å². The second-order valence-corrected chi connectivity index (χ2v) is 6.64. The summed E-state index contributed by atoms with van der Waals surface area (Å²) in [5.41, 5.74) is 6.14. The highest BCUT2D eigenvalue weighted by Gasteiger charge is 2.29. The standard InChI is InChI=1S/C14H21N3O2S/c1-8(2)13-16-9(3)11(20-13)14(19)17-6-4-5-10(7-17)12(15)18/h8,10H,4-7H2,1-3H3,(H2,15,18). The van der Waals surface area contributed by atoms with Gasteiger partial charge in [-0.15, -0.1) is 11.3 Å². The number of nitrogens with two attached hydrogens (primary N) is 1. The van der Waals surface area contributed by atoms with Crippen molar-refractivity contribution < 1.29 is 9.59 Å². The van der Waals surface area contributed by atoms with Gasteiger partial charge < -0.3 is 10.6 Å². The molecule has 6 heteroatoms. The molecule has 110 valence electrons. The molecule has 1 atom stereocenters. The van der Waals surface area contributed by atoms with Crippen LogP contribution in [-0.4, -0.2) is 34.8 Å². The number of nitrogens with zero attached hydrogens (tertiary/aromatic N) is 2. The van der Waals surface area contributed by atoms with Gasteiger partial charge in [0.05, 0.1) is 16.6 Å².